The number of imidazole rings is 1. The van der Waals surface area contributed by atoms with Gasteiger partial charge in [0.15, 0.2) is 22.7 Å². The van der Waals surface area contributed by atoms with Crippen LogP contribution in [0.5, 0.6) is 0 Å². The van der Waals surface area contributed by atoms with E-state index >= 15 is 0 Å². The first-order valence-electron chi connectivity index (χ1n) is 9.57. The number of aliphatic hydroxyl groups is 2. The molecule has 0 aliphatic heterocycles. The summed E-state index contributed by atoms with van der Waals surface area (Å²) in [6, 6.07) is 2.94. The van der Waals surface area contributed by atoms with Crippen molar-refractivity contribution in [1.29, 1.82) is 0 Å². The number of furan rings is 1. The standard InChI is InChI=1S/C20H20N6O4/c1-21-17-13-18(25-12(24-17)6-5-10-4-3-7-30-10)26(9-23-13)14-11-8-20(11,19(29)22-2)16(28)15(14)27/h3-4,7,9,11,14-16,27-28H,8H2,1-2H3,(H,22,29)(H,21,24,25)/t11?,14-,15+,16+,20?/m1/s1. The second-order valence-electron chi connectivity index (χ2n) is 7.55. The van der Waals surface area contributed by atoms with Crippen LogP contribution < -0.4 is 10.6 Å². The van der Waals surface area contributed by atoms with Gasteiger partial charge in [0, 0.05) is 20.0 Å². The second-order valence-corrected chi connectivity index (χ2v) is 7.55. The van der Waals surface area contributed by atoms with Crippen molar-refractivity contribution < 1.29 is 19.4 Å². The second kappa shape index (κ2) is 6.55. The molecule has 0 saturated heterocycles. The Morgan fingerprint density at radius 1 is 1.33 bits per heavy atom. The van der Waals surface area contributed by atoms with Gasteiger partial charge in [0.05, 0.1) is 30.2 Å². The molecule has 2 aliphatic carbocycles. The van der Waals surface area contributed by atoms with Crippen LogP contribution in [-0.2, 0) is 4.79 Å². The van der Waals surface area contributed by atoms with Crippen LogP contribution in [0.1, 0.15) is 24.0 Å². The number of aromatic nitrogens is 4. The molecule has 0 spiro atoms. The van der Waals surface area contributed by atoms with E-state index in [2.05, 4.69) is 37.4 Å². The van der Waals surface area contributed by atoms with Crippen molar-refractivity contribution in [3.05, 3.63) is 36.3 Å². The third-order valence-corrected chi connectivity index (χ3v) is 6.12. The molecule has 5 rings (SSSR count). The molecule has 3 aromatic rings. The Hall–Kier alpha value is -3.42. The van der Waals surface area contributed by atoms with E-state index in [4.69, 9.17) is 4.42 Å². The van der Waals surface area contributed by atoms with Crippen molar-refractivity contribution in [2.45, 2.75) is 24.7 Å². The summed E-state index contributed by atoms with van der Waals surface area (Å²) in [7, 11) is 3.25. The van der Waals surface area contributed by atoms with Crippen molar-refractivity contribution >= 4 is 22.9 Å². The molecule has 154 valence electrons. The van der Waals surface area contributed by atoms with Gasteiger partial charge in [0.25, 0.3) is 0 Å². The van der Waals surface area contributed by atoms with E-state index in [1.807, 2.05) is 0 Å². The highest BCUT2D eigenvalue weighted by Crippen LogP contribution is 2.67. The SMILES string of the molecule is CNC(=O)C12CC1[C@@H](n1cnc3c(NC)nc(C#Cc4ccco4)nc31)[C@H](O)[C@@H]2O. The normalized spacial score (nSPS) is 29.2. The number of nitrogens with zero attached hydrogens (tertiary/aromatic N) is 4. The number of rotatable bonds is 3. The molecule has 4 N–H and O–H groups in total. The van der Waals surface area contributed by atoms with Crippen LogP contribution in [-0.4, -0.2) is 61.9 Å². The largest absolute Gasteiger partial charge is 0.456 e. The van der Waals surface area contributed by atoms with Gasteiger partial charge in [-0.3, -0.25) is 4.79 Å². The zero-order valence-corrected chi connectivity index (χ0v) is 16.3. The maximum Gasteiger partial charge on any atom is 0.229 e. The molecule has 0 aromatic carbocycles. The predicted octanol–water partition coefficient (Wildman–Crippen LogP) is -0.110. The molecule has 30 heavy (non-hydrogen) atoms. The van der Waals surface area contributed by atoms with Crippen LogP contribution in [0.3, 0.4) is 0 Å². The van der Waals surface area contributed by atoms with Gasteiger partial charge in [-0.25, -0.2) is 15.0 Å². The number of nitrogens with one attached hydrogen (secondary N) is 2. The van der Waals surface area contributed by atoms with Crippen molar-refractivity contribution in [3.8, 4) is 11.8 Å². The summed E-state index contributed by atoms with van der Waals surface area (Å²) in [4.78, 5) is 25.7. The molecule has 1 amide bonds. The average Bonchev–Trinajstić information content (AvgIpc) is 3.06. The van der Waals surface area contributed by atoms with Crippen LogP contribution >= 0.6 is 0 Å². The summed E-state index contributed by atoms with van der Waals surface area (Å²) in [5.41, 5.74) is 0.00530. The Morgan fingerprint density at radius 2 is 2.17 bits per heavy atom. The average molecular weight is 408 g/mol. The van der Waals surface area contributed by atoms with Gasteiger partial charge in [0.2, 0.25) is 11.7 Å². The first kappa shape index (κ1) is 18.6. The number of hydrogen-bond acceptors (Lipinski definition) is 8. The molecule has 2 saturated carbocycles. The topological polar surface area (TPSA) is 138 Å². The molecule has 3 heterocycles. The van der Waals surface area contributed by atoms with Crippen LogP contribution in [0.25, 0.3) is 11.2 Å². The molecule has 0 radical (unpaired) electrons. The Morgan fingerprint density at radius 3 is 2.87 bits per heavy atom. The highest BCUT2D eigenvalue weighted by atomic mass is 16.3. The molecule has 10 heteroatoms. The zero-order valence-electron chi connectivity index (χ0n) is 16.3. The zero-order chi connectivity index (χ0) is 21.0. The van der Waals surface area contributed by atoms with E-state index in [1.54, 1.807) is 30.1 Å². The van der Waals surface area contributed by atoms with Gasteiger partial charge in [-0.1, -0.05) is 0 Å². The van der Waals surface area contributed by atoms with Crippen LogP contribution in [0.4, 0.5) is 5.82 Å². The molecule has 10 nitrogen and oxygen atoms in total. The Balaban J connectivity index is 1.59. The van der Waals surface area contributed by atoms with Crippen LogP contribution in [0, 0.1) is 23.2 Å². The minimum atomic E-state index is -1.16. The number of aliphatic hydroxyl groups excluding tert-OH is 2. The maximum absolute atomic E-state index is 12.4. The summed E-state index contributed by atoms with van der Waals surface area (Å²) < 4.78 is 6.93. The lowest BCUT2D eigenvalue weighted by molar-refractivity contribution is -0.132. The highest BCUT2D eigenvalue weighted by molar-refractivity contribution is 5.88. The summed E-state index contributed by atoms with van der Waals surface area (Å²) in [6.07, 6.45) is 1.30. The smallest absolute Gasteiger partial charge is 0.229 e. The number of anilines is 1. The first-order chi connectivity index (χ1) is 14.5. The number of amides is 1. The fraction of sp³-hybridized carbons (Fsp3) is 0.400. The van der Waals surface area contributed by atoms with Gasteiger partial charge in [-0.05, 0) is 30.4 Å². The van der Waals surface area contributed by atoms with E-state index in [0.29, 0.717) is 29.2 Å². The van der Waals surface area contributed by atoms with E-state index in [1.165, 1.54) is 13.3 Å². The molecule has 2 unspecified atom stereocenters. The third-order valence-electron chi connectivity index (χ3n) is 6.12. The third kappa shape index (κ3) is 2.46. The lowest BCUT2D eigenvalue weighted by Crippen LogP contribution is -2.41. The monoisotopic (exact) mass is 408 g/mol. The molecular formula is C20H20N6O4. The Kier molecular flexibility index (Phi) is 4.06. The van der Waals surface area contributed by atoms with E-state index in [0.717, 1.165) is 0 Å². The predicted molar refractivity (Wildman–Crippen MR) is 105 cm³/mol. The fourth-order valence-corrected chi connectivity index (χ4v) is 4.62. The van der Waals surface area contributed by atoms with Crippen molar-refractivity contribution in [1.82, 2.24) is 24.8 Å². The van der Waals surface area contributed by atoms with E-state index < -0.39 is 23.7 Å². The van der Waals surface area contributed by atoms with Crippen molar-refractivity contribution in [2.24, 2.45) is 11.3 Å². The number of fused-ring (bicyclic) bond motifs is 2. The molecule has 0 bridgehead atoms. The van der Waals surface area contributed by atoms with Crippen molar-refractivity contribution in [3.63, 3.8) is 0 Å². The molecule has 3 aromatic heterocycles. The quantitative estimate of drug-likeness (QED) is 0.441. The summed E-state index contributed by atoms with van der Waals surface area (Å²) in [6.45, 7) is 0. The highest BCUT2D eigenvalue weighted by Gasteiger charge is 2.75. The lowest BCUT2D eigenvalue weighted by atomic mass is 9.98. The van der Waals surface area contributed by atoms with Gasteiger partial charge >= 0.3 is 0 Å². The van der Waals surface area contributed by atoms with Gasteiger partial charge in [-0.2, -0.15) is 0 Å². The summed E-state index contributed by atoms with van der Waals surface area (Å²) in [5, 5.41) is 27.0. The van der Waals surface area contributed by atoms with E-state index in [-0.39, 0.29) is 17.6 Å². The van der Waals surface area contributed by atoms with Crippen molar-refractivity contribution in [2.75, 3.05) is 19.4 Å². The minimum absolute atomic E-state index is 0.217. The Labute approximate surface area is 171 Å². The van der Waals surface area contributed by atoms with Crippen LogP contribution in [0.15, 0.2) is 29.1 Å². The Bertz CT molecular complexity index is 1190. The fourth-order valence-electron chi connectivity index (χ4n) is 4.62. The first-order valence-corrected chi connectivity index (χ1v) is 9.57. The molecule has 2 aliphatic rings. The van der Waals surface area contributed by atoms with Gasteiger partial charge in [0.1, 0.15) is 6.10 Å². The molecule has 5 atom stereocenters. The van der Waals surface area contributed by atoms with Crippen LogP contribution in [0.2, 0.25) is 0 Å². The number of carbonyl (C=O) groups excluding carboxylic acids is 1. The number of carbonyl (C=O) groups is 1. The molecule has 2 fully saturated rings. The van der Waals surface area contributed by atoms with Gasteiger partial charge in [-0.15, -0.1) is 0 Å². The maximum atomic E-state index is 12.4. The van der Waals surface area contributed by atoms with E-state index in [9.17, 15) is 15.0 Å². The summed E-state index contributed by atoms with van der Waals surface area (Å²) in [5.74, 6) is 6.49. The number of hydrogen-bond donors (Lipinski definition) is 4. The van der Waals surface area contributed by atoms with Gasteiger partial charge < -0.3 is 29.8 Å². The lowest BCUT2D eigenvalue weighted by Gasteiger charge is -2.23. The molecular weight excluding hydrogens is 388 g/mol. The summed E-state index contributed by atoms with van der Waals surface area (Å²) >= 11 is 0. The minimum Gasteiger partial charge on any atom is -0.456 e.